The average Bonchev–Trinajstić information content (AvgIpc) is 2.91. The summed E-state index contributed by atoms with van der Waals surface area (Å²) in [7, 11) is 0. The summed E-state index contributed by atoms with van der Waals surface area (Å²) in [6.45, 7) is 1.30. The molecule has 1 aliphatic rings. The topological polar surface area (TPSA) is 76.4 Å². The van der Waals surface area contributed by atoms with Crippen molar-refractivity contribution in [2.24, 2.45) is 5.84 Å². The third-order valence-electron chi connectivity index (χ3n) is 3.18. The van der Waals surface area contributed by atoms with Crippen LogP contribution in [0, 0.1) is 5.82 Å². The van der Waals surface area contributed by atoms with Gasteiger partial charge in [-0.2, -0.15) is 0 Å². The first-order chi connectivity index (χ1) is 9.22. The quantitative estimate of drug-likeness (QED) is 0.557. The number of carbonyl (C=O) groups is 1. The van der Waals surface area contributed by atoms with E-state index in [2.05, 4.69) is 10.7 Å². The van der Waals surface area contributed by atoms with E-state index in [4.69, 9.17) is 10.6 Å². The highest BCUT2D eigenvalue weighted by Crippen LogP contribution is 2.19. The molecular formula is C13H18FN3O2. The molecule has 6 heteroatoms. The summed E-state index contributed by atoms with van der Waals surface area (Å²) in [5.41, 5.74) is 2.43. The first kappa shape index (κ1) is 13.8. The van der Waals surface area contributed by atoms with Gasteiger partial charge in [-0.3, -0.25) is 10.6 Å². The minimum Gasteiger partial charge on any atom is -0.378 e. The van der Waals surface area contributed by atoms with Crippen LogP contribution < -0.4 is 16.6 Å². The van der Waals surface area contributed by atoms with E-state index in [0.29, 0.717) is 6.54 Å². The first-order valence-electron chi connectivity index (χ1n) is 6.37. The van der Waals surface area contributed by atoms with E-state index in [1.165, 1.54) is 18.2 Å². The van der Waals surface area contributed by atoms with Gasteiger partial charge >= 0.3 is 0 Å². The van der Waals surface area contributed by atoms with E-state index in [-0.39, 0.29) is 23.3 Å². The lowest BCUT2D eigenvalue weighted by Gasteiger charge is -2.12. The lowest BCUT2D eigenvalue weighted by molar-refractivity contribution is 0.0907. The maximum absolute atomic E-state index is 13.4. The van der Waals surface area contributed by atoms with E-state index < -0.39 is 5.82 Å². The zero-order valence-electron chi connectivity index (χ0n) is 10.6. The molecule has 0 spiro atoms. The fourth-order valence-electron chi connectivity index (χ4n) is 2.17. The number of hydrazine groups is 1. The number of nitrogens with two attached hydrogens (primary N) is 1. The van der Waals surface area contributed by atoms with Crippen molar-refractivity contribution >= 4 is 11.6 Å². The number of ether oxygens (including phenoxy) is 1. The molecule has 0 saturated carbocycles. The van der Waals surface area contributed by atoms with Crippen LogP contribution in [0.4, 0.5) is 10.1 Å². The van der Waals surface area contributed by atoms with Gasteiger partial charge in [0.1, 0.15) is 5.82 Å². The molecule has 0 aliphatic carbocycles. The predicted octanol–water partition coefficient (Wildman–Crippen LogP) is 1.41. The van der Waals surface area contributed by atoms with Crippen LogP contribution in [-0.4, -0.2) is 25.2 Å². The zero-order chi connectivity index (χ0) is 13.7. The van der Waals surface area contributed by atoms with Crippen molar-refractivity contribution < 1.29 is 13.9 Å². The highest BCUT2D eigenvalue weighted by atomic mass is 19.1. The molecule has 0 bridgehead atoms. The third kappa shape index (κ3) is 3.42. The minimum absolute atomic E-state index is 0.0112. The van der Waals surface area contributed by atoms with Gasteiger partial charge < -0.3 is 15.5 Å². The molecule has 19 heavy (non-hydrogen) atoms. The molecule has 1 heterocycles. The van der Waals surface area contributed by atoms with Crippen LogP contribution in [0.5, 0.6) is 0 Å². The molecule has 1 atom stereocenters. The Morgan fingerprint density at radius 2 is 2.37 bits per heavy atom. The second-order valence-electron chi connectivity index (χ2n) is 4.49. The Morgan fingerprint density at radius 1 is 1.53 bits per heavy atom. The van der Waals surface area contributed by atoms with Crippen LogP contribution in [0.25, 0.3) is 0 Å². The van der Waals surface area contributed by atoms with Gasteiger partial charge in [-0.25, -0.2) is 4.39 Å². The van der Waals surface area contributed by atoms with Crippen molar-refractivity contribution in [3.05, 3.63) is 29.6 Å². The number of amides is 1. The van der Waals surface area contributed by atoms with Crippen LogP contribution in [-0.2, 0) is 4.74 Å². The summed E-state index contributed by atoms with van der Waals surface area (Å²) in [5.74, 6) is 4.34. The van der Waals surface area contributed by atoms with Gasteiger partial charge in [-0.15, -0.1) is 0 Å². The molecular weight excluding hydrogens is 249 g/mol. The molecule has 0 radical (unpaired) electrons. The van der Waals surface area contributed by atoms with Gasteiger partial charge in [0.05, 0.1) is 17.4 Å². The molecule has 1 saturated heterocycles. The lowest BCUT2D eigenvalue weighted by Crippen LogP contribution is -2.28. The van der Waals surface area contributed by atoms with Crippen LogP contribution in [0.1, 0.15) is 29.6 Å². The van der Waals surface area contributed by atoms with Crippen LogP contribution in [0.15, 0.2) is 18.2 Å². The van der Waals surface area contributed by atoms with Crippen LogP contribution >= 0.6 is 0 Å². The Labute approximate surface area is 111 Å². The van der Waals surface area contributed by atoms with E-state index in [1.54, 1.807) is 0 Å². The van der Waals surface area contributed by atoms with E-state index in [1.807, 2.05) is 0 Å². The monoisotopic (exact) mass is 267 g/mol. The number of carbonyl (C=O) groups excluding carboxylic acids is 1. The molecule has 1 amide bonds. The lowest BCUT2D eigenvalue weighted by atomic mass is 10.1. The number of benzene rings is 1. The van der Waals surface area contributed by atoms with Crippen molar-refractivity contribution in [2.75, 3.05) is 18.6 Å². The molecule has 1 fully saturated rings. The van der Waals surface area contributed by atoms with E-state index in [0.717, 1.165) is 25.9 Å². The maximum Gasteiger partial charge on any atom is 0.253 e. The summed E-state index contributed by atoms with van der Waals surface area (Å²) in [5, 5.41) is 2.75. The Hall–Kier alpha value is -1.66. The second-order valence-corrected chi connectivity index (χ2v) is 4.49. The predicted molar refractivity (Wildman–Crippen MR) is 70.1 cm³/mol. The summed E-state index contributed by atoms with van der Waals surface area (Å²) in [6.07, 6.45) is 3.10. The smallest absolute Gasteiger partial charge is 0.253 e. The molecule has 104 valence electrons. The summed E-state index contributed by atoms with van der Waals surface area (Å²) in [6, 6.07) is 4.25. The second kappa shape index (κ2) is 6.49. The minimum atomic E-state index is -0.547. The average molecular weight is 267 g/mol. The largest absolute Gasteiger partial charge is 0.378 e. The Bertz CT molecular complexity index is 448. The van der Waals surface area contributed by atoms with Crippen molar-refractivity contribution in [1.29, 1.82) is 0 Å². The summed E-state index contributed by atoms with van der Waals surface area (Å²) >= 11 is 0. The Morgan fingerprint density at radius 3 is 3.05 bits per heavy atom. The first-order valence-corrected chi connectivity index (χ1v) is 6.37. The maximum atomic E-state index is 13.4. The van der Waals surface area contributed by atoms with Crippen molar-refractivity contribution in [3.8, 4) is 0 Å². The van der Waals surface area contributed by atoms with Crippen LogP contribution in [0.2, 0.25) is 0 Å². The number of nitrogen functional groups attached to an aromatic ring is 1. The van der Waals surface area contributed by atoms with Crippen molar-refractivity contribution in [3.63, 3.8) is 0 Å². The van der Waals surface area contributed by atoms with Gasteiger partial charge in [0.15, 0.2) is 0 Å². The standard InChI is InChI=1S/C13H18FN3O2/c14-11-5-1-4-10(12(11)17-15)13(18)16-7-6-9-3-2-8-19-9/h1,4-5,9,17H,2-3,6-8,15H2,(H,16,18). The van der Waals surface area contributed by atoms with E-state index in [9.17, 15) is 9.18 Å². The highest BCUT2D eigenvalue weighted by molar-refractivity contribution is 5.99. The van der Waals surface area contributed by atoms with Crippen molar-refractivity contribution in [1.82, 2.24) is 5.32 Å². The molecule has 4 N–H and O–H groups in total. The Kier molecular flexibility index (Phi) is 4.70. The molecule has 1 aromatic carbocycles. The number of halogens is 1. The number of nitrogens with one attached hydrogen (secondary N) is 2. The third-order valence-corrected chi connectivity index (χ3v) is 3.18. The number of anilines is 1. The Balaban J connectivity index is 1.90. The fraction of sp³-hybridized carbons (Fsp3) is 0.462. The SMILES string of the molecule is NNc1c(F)cccc1C(=O)NCCC1CCCO1. The zero-order valence-corrected chi connectivity index (χ0v) is 10.6. The molecule has 1 aliphatic heterocycles. The van der Waals surface area contributed by atoms with Gasteiger partial charge in [0.2, 0.25) is 0 Å². The molecule has 1 aromatic rings. The van der Waals surface area contributed by atoms with Gasteiger partial charge in [-0.1, -0.05) is 6.07 Å². The summed E-state index contributed by atoms with van der Waals surface area (Å²) in [4.78, 5) is 11.9. The van der Waals surface area contributed by atoms with Gasteiger partial charge in [0, 0.05) is 13.2 Å². The highest BCUT2D eigenvalue weighted by Gasteiger charge is 2.17. The van der Waals surface area contributed by atoms with Crippen molar-refractivity contribution in [2.45, 2.75) is 25.4 Å². The molecule has 5 nitrogen and oxygen atoms in total. The number of hydrogen-bond donors (Lipinski definition) is 3. The van der Waals surface area contributed by atoms with Crippen LogP contribution in [0.3, 0.4) is 0 Å². The fourth-order valence-corrected chi connectivity index (χ4v) is 2.17. The molecule has 1 unspecified atom stereocenters. The van der Waals surface area contributed by atoms with Gasteiger partial charge in [0.25, 0.3) is 5.91 Å². The number of para-hydroxylation sites is 1. The normalized spacial score (nSPS) is 18.3. The summed E-state index contributed by atoms with van der Waals surface area (Å²) < 4.78 is 18.9. The van der Waals surface area contributed by atoms with E-state index >= 15 is 0 Å². The molecule has 0 aromatic heterocycles. The number of rotatable bonds is 5. The van der Waals surface area contributed by atoms with Gasteiger partial charge in [-0.05, 0) is 31.4 Å². The number of hydrogen-bond acceptors (Lipinski definition) is 4. The molecule has 2 rings (SSSR count).